The first kappa shape index (κ1) is 13.9. The van der Waals surface area contributed by atoms with E-state index in [1.807, 2.05) is 0 Å². The third-order valence-corrected chi connectivity index (χ3v) is 2.89. The zero-order valence-electron chi connectivity index (χ0n) is 10.5. The van der Waals surface area contributed by atoms with E-state index in [9.17, 15) is 0 Å². The smallest absolute Gasteiger partial charge is 0.0693 e. The van der Waals surface area contributed by atoms with Crippen LogP contribution >= 0.6 is 0 Å². The molecule has 0 saturated carbocycles. The summed E-state index contributed by atoms with van der Waals surface area (Å²) in [4.78, 5) is 2.33. The summed E-state index contributed by atoms with van der Waals surface area (Å²) in [6, 6.07) is 1.03. The molecule has 0 heterocycles. The minimum absolute atomic E-state index is 0.277. The Kier molecular flexibility index (Phi) is 7.15. The first-order chi connectivity index (χ1) is 6.49. The van der Waals surface area contributed by atoms with Gasteiger partial charge in [-0.1, -0.05) is 0 Å². The molecule has 0 radical (unpaired) electrons. The van der Waals surface area contributed by atoms with E-state index in [0.29, 0.717) is 12.1 Å². The molecule has 0 aliphatic rings. The number of methoxy groups -OCH3 is 1. The molecule has 0 fully saturated rings. The predicted octanol–water partition coefficient (Wildman–Crippen LogP) is 1.34. The van der Waals surface area contributed by atoms with Crippen molar-refractivity contribution in [3.8, 4) is 0 Å². The summed E-state index contributed by atoms with van der Waals surface area (Å²) in [6.45, 7) is 10.8. The van der Waals surface area contributed by atoms with Crippen molar-refractivity contribution in [1.29, 1.82) is 0 Å². The van der Waals surface area contributed by atoms with Crippen LogP contribution in [0, 0.1) is 0 Å². The Bertz CT molecular complexity index is 139. The highest BCUT2D eigenvalue weighted by molar-refractivity contribution is 4.69. The Hall–Kier alpha value is -0.120. The molecule has 0 aromatic heterocycles. The number of hydrogen-bond acceptors (Lipinski definition) is 3. The lowest BCUT2D eigenvalue weighted by Crippen LogP contribution is -2.41. The largest absolute Gasteiger partial charge is 0.380 e. The summed E-state index contributed by atoms with van der Waals surface area (Å²) in [7, 11) is 3.90. The number of rotatable bonds is 7. The maximum Gasteiger partial charge on any atom is 0.0693 e. The minimum Gasteiger partial charge on any atom is -0.380 e. The molecule has 0 aromatic rings. The van der Waals surface area contributed by atoms with E-state index in [4.69, 9.17) is 4.74 Å². The van der Waals surface area contributed by atoms with Gasteiger partial charge in [0.05, 0.1) is 6.10 Å². The second-order valence-electron chi connectivity index (χ2n) is 4.26. The van der Waals surface area contributed by atoms with Crippen molar-refractivity contribution in [3.05, 3.63) is 0 Å². The van der Waals surface area contributed by atoms with Gasteiger partial charge >= 0.3 is 0 Å². The fourth-order valence-electron chi connectivity index (χ4n) is 1.10. The molecule has 14 heavy (non-hydrogen) atoms. The summed E-state index contributed by atoms with van der Waals surface area (Å²) in [5, 5.41) is 3.45. The summed E-state index contributed by atoms with van der Waals surface area (Å²) < 4.78 is 5.24. The average Bonchev–Trinajstić information content (AvgIpc) is 2.15. The molecule has 0 rings (SSSR count). The van der Waals surface area contributed by atoms with Crippen LogP contribution in [-0.2, 0) is 4.74 Å². The van der Waals surface area contributed by atoms with E-state index in [1.54, 1.807) is 7.11 Å². The standard InChI is InChI=1S/C11H26N2O/c1-9(2)13(5)8-7-12-10(3)11(4)14-6/h9-12H,7-8H2,1-6H3. The lowest BCUT2D eigenvalue weighted by molar-refractivity contribution is 0.0875. The van der Waals surface area contributed by atoms with E-state index in [1.165, 1.54) is 0 Å². The van der Waals surface area contributed by atoms with Gasteiger partial charge in [0.1, 0.15) is 0 Å². The first-order valence-electron chi connectivity index (χ1n) is 5.45. The molecule has 0 spiro atoms. The van der Waals surface area contributed by atoms with Crippen molar-refractivity contribution in [1.82, 2.24) is 10.2 Å². The third-order valence-electron chi connectivity index (χ3n) is 2.89. The molecule has 3 nitrogen and oxygen atoms in total. The Balaban J connectivity index is 3.53. The molecule has 1 N–H and O–H groups in total. The van der Waals surface area contributed by atoms with Gasteiger partial charge in [0, 0.05) is 32.3 Å². The molecular formula is C11H26N2O. The van der Waals surface area contributed by atoms with Crippen LogP contribution in [0.3, 0.4) is 0 Å². The van der Waals surface area contributed by atoms with Gasteiger partial charge in [-0.25, -0.2) is 0 Å². The van der Waals surface area contributed by atoms with E-state index < -0.39 is 0 Å². The topological polar surface area (TPSA) is 24.5 Å². The summed E-state index contributed by atoms with van der Waals surface area (Å²) >= 11 is 0. The fraction of sp³-hybridized carbons (Fsp3) is 1.00. The van der Waals surface area contributed by atoms with Gasteiger partial charge in [0.2, 0.25) is 0 Å². The van der Waals surface area contributed by atoms with Crippen LogP contribution in [0.15, 0.2) is 0 Å². The molecule has 2 atom stereocenters. The van der Waals surface area contributed by atoms with Gasteiger partial charge in [-0.15, -0.1) is 0 Å². The van der Waals surface area contributed by atoms with E-state index in [-0.39, 0.29) is 6.10 Å². The van der Waals surface area contributed by atoms with Gasteiger partial charge in [0.15, 0.2) is 0 Å². The number of hydrogen-bond donors (Lipinski definition) is 1. The number of nitrogens with one attached hydrogen (secondary N) is 1. The molecule has 0 aliphatic carbocycles. The van der Waals surface area contributed by atoms with Gasteiger partial charge in [-0.2, -0.15) is 0 Å². The molecule has 0 bridgehead atoms. The molecule has 2 unspecified atom stereocenters. The summed E-state index contributed by atoms with van der Waals surface area (Å²) in [5.74, 6) is 0. The monoisotopic (exact) mass is 202 g/mol. The number of nitrogens with zero attached hydrogens (tertiary/aromatic N) is 1. The Morgan fingerprint density at radius 2 is 1.79 bits per heavy atom. The predicted molar refractivity (Wildman–Crippen MR) is 61.7 cm³/mol. The van der Waals surface area contributed by atoms with Crippen molar-refractivity contribution in [3.63, 3.8) is 0 Å². The second-order valence-corrected chi connectivity index (χ2v) is 4.26. The Labute approximate surface area is 88.8 Å². The molecule has 0 saturated heterocycles. The van der Waals surface area contributed by atoms with Crippen LogP contribution in [0.1, 0.15) is 27.7 Å². The van der Waals surface area contributed by atoms with Crippen LogP contribution in [-0.4, -0.2) is 50.3 Å². The van der Waals surface area contributed by atoms with Crippen LogP contribution < -0.4 is 5.32 Å². The Morgan fingerprint density at radius 1 is 1.21 bits per heavy atom. The Morgan fingerprint density at radius 3 is 2.21 bits per heavy atom. The van der Waals surface area contributed by atoms with Crippen LogP contribution in [0.2, 0.25) is 0 Å². The van der Waals surface area contributed by atoms with Crippen molar-refractivity contribution >= 4 is 0 Å². The summed E-state index contributed by atoms with van der Waals surface area (Å²) in [5.41, 5.74) is 0. The van der Waals surface area contributed by atoms with Gasteiger partial charge in [-0.05, 0) is 34.7 Å². The van der Waals surface area contributed by atoms with Crippen molar-refractivity contribution in [2.24, 2.45) is 0 Å². The fourth-order valence-corrected chi connectivity index (χ4v) is 1.10. The molecule has 3 heteroatoms. The van der Waals surface area contributed by atoms with E-state index >= 15 is 0 Å². The lowest BCUT2D eigenvalue weighted by atomic mass is 10.2. The molecule has 86 valence electrons. The molecular weight excluding hydrogens is 176 g/mol. The van der Waals surface area contributed by atoms with Crippen LogP contribution in [0.4, 0.5) is 0 Å². The van der Waals surface area contributed by atoms with Crippen molar-refractivity contribution in [2.45, 2.75) is 45.9 Å². The SMILES string of the molecule is COC(C)C(C)NCCN(C)C(C)C. The highest BCUT2D eigenvalue weighted by atomic mass is 16.5. The second kappa shape index (κ2) is 7.21. The first-order valence-corrected chi connectivity index (χ1v) is 5.45. The maximum absolute atomic E-state index is 5.24. The normalized spacial score (nSPS) is 16.3. The van der Waals surface area contributed by atoms with E-state index in [2.05, 4.69) is 45.0 Å². The van der Waals surface area contributed by atoms with Crippen LogP contribution in [0.5, 0.6) is 0 Å². The quantitative estimate of drug-likeness (QED) is 0.674. The zero-order chi connectivity index (χ0) is 11.1. The molecule has 0 aliphatic heterocycles. The highest BCUT2D eigenvalue weighted by Gasteiger charge is 2.10. The van der Waals surface area contributed by atoms with Gasteiger partial charge in [-0.3, -0.25) is 0 Å². The number of likely N-dealkylation sites (N-methyl/N-ethyl adjacent to an activating group) is 1. The summed E-state index contributed by atoms with van der Waals surface area (Å²) in [6.07, 6.45) is 0.277. The lowest BCUT2D eigenvalue weighted by Gasteiger charge is -2.24. The minimum atomic E-state index is 0.277. The maximum atomic E-state index is 5.24. The van der Waals surface area contributed by atoms with Crippen LogP contribution in [0.25, 0.3) is 0 Å². The van der Waals surface area contributed by atoms with E-state index in [0.717, 1.165) is 13.1 Å². The van der Waals surface area contributed by atoms with Crippen molar-refractivity contribution in [2.75, 3.05) is 27.2 Å². The third kappa shape index (κ3) is 5.58. The molecule has 0 aromatic carbocycles. The molecule has 0 amide bonds. The average molecular weight is 202 g/mol. The highest BCUT2D eigenvalue weighted by Crippen LogP contribution is 1.96. The number of ether oxygens (including phenoxy) is 1. The zero-order valence-corrected chi connectivity index (χ0v) is 10.5. The van der Waals surface area contributed by atoms with Crippen molar-refractivity contribution < 1.29 is 4.74 Å². The van der Waals surface area contributed by atoms with Gasteiger partial charge < -0.3 is 15.0 Å². The van der Waals surface area contributed by atoms with Gasteiger partial charge in [0.25, 0.3) is 0 Å².